The summed E-state index contributed by atoms with van der Waals surface area (Å²) < 4.78 is 42.0. The zero-order chi connectivity index (χ0) is 22.8. The molecule has 3 nitrogen and oxygen atoms in total. The fraction of sp³-hybridized carbons (Fsp3) is 0.250. The lowest BCUT2D eigenvalue weighted by atomic mass is 9.96. The molecule has 2 aromatic carbocycles. The van der Waals surface area contributed by atoms with E-state index in [0.29, 0.717) is 28.1 Å². The van der Waals surface area contributed by atoms with Gasteiger partial charge in [-0.25, -0.2) is 9.41 Å². The molecule has 0 N–H and O–H groups in total. The van der Waals surface area contributed by atoms with Gasteiger partial charge in [0, 0.05) is 24.2 Å². The third kappa shape index (κ3) is 2.61. The maximum Gasteiger partial charge on any atom is 0.229 e. The minimum absolute atomic E-state index is 0.0432. The van der Waals surface area contributed by atoms with Crippen LogP contribution in [-0.4, -0.2) is 0 Å². The molecular formula is C24H23N2O+. The van der Waals surface area contributed by atoms with Crippen LogP contribution in [0, 0.1) is 20.4 Å². The summed E-state index contributed by atoms with van der Waals surface area (Å²) in [5, 5.41) is 1.70. The van der Waals surface area contributed by atoms with Crippen LogP contribution in [0.15, 0.2) is 46.9 Å². The van der Waals surface area contributed by atoms with Crippen LogP contribution in [0.4, 0.5) is 5.69 Å². The Bertz CT molecular complexity index is 1440. The van der Waals surface area contributed by atoms with Gasteiger partial charge in [-0.15, -0.1) is 0 Å². The summed E-state index contributed by atoms with van der Waals surface area (Å²) in [5.41, 5.74) is 4.60. The number of fused-ring (bicyclic) bond motifs is 3. The van der Waals surface area contributed by atoms with Crippen molar-refractivity contribution in [2.45, 2.75) is 33.6 Å². The minimum Gasteiger partial charge on any atom is -0.466 e. The molecule has 0 atom stereocenters. The van der Waals surface area contributed by atoms with Crippen molar-refractivity contribution >= 4 is 27.6 Å². The lowest BCUT2D eigenvalue weighted by Crippen LogP contribution is -2.31. The van der Waals surface area contributed by atoms with Gasteiger partial charge in [-0.05, 0) is 36.4 Å². The van der Waals surface area contributed by atoms with Crippen molar-refractivity contribution in [3.05, 3.63) is 70.6 Å². The fourth-order valence-corrected chi connectivity index (χ4v) is 3.49. The first-order valence-electron chi connectivity index (χ1n) is 10.8. The summed E-state index contributed by atoms with van der Waals surface area (Å²) in [4.78, 5) is 3.60. The van der Waals surface area contributed by atoms with E-state index in [1.165, 1.54) is 4.57 Å². The van der Waals surface area contributed by atoms with Crippen LogP contribution in [-0.2, 0) is 7.05 Å². The van der Waals surface area contributed by atoms with Gasteiger partial charge in [-0.1, -0.05) is 38.1 Å². The standard InChI is InChI=1S/C24H23N2O/c1-14(2)17-11-12-26(6)20(13-17)22-16(4)7-9-18-21-15(3)8-10-19(25-5)24(21)27-23(18)22/h7-14H,1-4,6H3/q+1/i11D,12D,13D,14D. The fourth-order valence-electron chi connectivity index (χ4n) is 3.49. The van der Waals surface area contributed by atoms with E-state index in [9.17, 15) is 0 Å². The lowest BCUT2D eigenvalue weighted by molar-refractivity contribution is -0.660. The highest BCUT2D eigenvalue weighted by molar-refractivity contribution is 6.14. The first-order valence-corrected chi connectivity index (χ1v) is 8.82. The molecule has 134 valence electrons. The molecule has 4 rings (SSSR count). The van der Waals surface area contributed by atoms with E-state index in [2.05, 4.69) is 4.85 Å². The molecule has 0 saturated heterocycles. The topological polar surface area (TPSA) is 21.4 Å². The predicted octanol–water partition coefficient (Wildman–Crippen LogP) is 6.37. The van der Waals surface area contributed by atoms with E-state index >= 15 is 0 Å². The monoisotopic (exact) mass is 359 g/mol. The Labute approximate surface area is 165 Å². The average Bonchev–Trinajstić information content (AvgIpc) is 3.08. The summed E-state index contributed by atoms with van der Waals surface area (Å²) in [7, 11) is 1.66. The summed E-state index contributed by atoms with van der Waals surface area (Å²) >= 11 is 0. The molecule has 0 unspecified atom stereocenters. The molecule has 0 aliphatic heterocycles. The van der Waals surface area contributed by atoms with E-state index in [1.54, 1.807) is 27.0 Å². The van der Waals surface area contributed by atoms with E-state index in [1.807, 2.05) is 32.0 Å². The molecule has 0 aliphatic carbocycles. The zero-order valence-electron chi connectivity index (χ0n) is 20.1. The molecule has 2 aromatic heterocycles. The molecule has 0 radical (unpaired) electrons. The highest BCUT2D eigenvalue weighted by Gasteiger charge is 2.23. The third-order valence-corrected chi connectivity index (χ3v) is 4.97. The van der Waals surface area contributed by atoms with E-state index in [-0.39, 0.29) is 23.8 Å². The van der Waals surface area contributed by atoms with Crippen molar-refractivity contribution in [1.29, 1.82) is 0 Å². The number of pyridine rings is 1. The van der Waals surface area contributed by atoms with Crippen molar-refractivity contribution in [3.8, 4) is 11.3 Å². The number of furan rings is 1. The summed E-state index contributed by atoms with van der Waals surface area (Å²) in [6, 6.07) is 7.48. The molecule has 0 spiro atoms. The van der Waals surface area contributed by atoms with Gasteiger partial charge in [0.15, 0.2) is 6.17 Å². The van der Waals surface area contributed by atoms with Crippen LogP contribution in [0.25, 0.3) is 38.0 Å². The van der Waals surface area contributed by atoms with Crippen LogP contribution in [0.1, 0.15) is 41.9 Å². The lowest BCUT2D eigenvalue weighted by Gasteiger charge is -2.09. The Morgan fingerprint density at radius 2 is 1.89 bits per heavy atom. The van der Waals surface area contributed by atoms with Gasteiger partial charge >= 0.3 is 0 Å². The molecule has 2 heterocycles. The van der Waals surface area contributed by atoms with E-state index in [0.717, 1.165) is 21.9 Å². The SMILES string of the molecule is [2H]c1c(C([2H])(C)C)c([2H])c(-c2c(C)ccc3c2oc2c([N+]#[C-])ccc(C)c23)[n+](C)c1[2H]. The van der Waals surface area contributed by atoms with Crippen LogP contribution >= 0.6 is 0 Å². The van der Waals surface area contributed by atoms with Crippen molar-refractivity contribution < 1.29 is 14.5 Å². The van der Waals surface area contributed by atoms with Crippen molar-refractivity contribution in [2.24, 2.45) is 7.05 Å². The molecule has 27 heavy (non-hydrogen) atoms. The molecule has 0 amide bonds. The normalized spacial score (nSPS) is 13.9. The zero-order valence-corrected chi connectivity index (χ0v) is 16.1. The summed E-state index contributed by atoms with van der Waals surface area (Å²) in [6.07, 6.45) is -0.0631. The van der Waals surface area contributed by atoms with E-state index < -0.39 is 5.89 Å². The van der Waals surface area contributed by atoms with Crippen molar-refractivity contribution in [1.82, 2.24) is 0 Å². The molecular weight excluding hydrogens is 332 g/mol. The first kappa shape index (κ1) is 13.1. The number of hydrogen-bond acceptors (Lipinski definition) is 1. The second-order valence-corrected chi connectivity index (χ2v) is 7.10. The van der Waals surface area contributed by atoms with Crippen LogP contribution in [0.3, 0.4) is 0 Å². The average molecular weight is 359 g/mol. The third-order valence-electron chi connectivity index (χ3n) is 4.97. The van der Waals surface area contributed by atoms with Gasteiger partial charge in [-0.2, -0.15) is 0 Å². The van der Waals surface area contributed by atoms with Gasteiger partial charge in [-0.3, -0.25) is 0 Å². The van der Waals surface area contributed by atoms with Crippen LogP contribution in [0.5, 0.6) is 0 Å². The van der Waals surface area contributed by atoms with Crippen molar-refractivity contribution in [3.63, 3.8) is 0 Å². The molecule has 4 aromatic rings. The van der Waals surface area contributed by atoms with Gasteiger partial charge < -0.3 is 4.42 Å². The van der Waals surface area contributed by atoms with Gasteiger partial charge in [0.1, 0.15) is 19.6 Å². The highest BCUT2D eigenvalue weighted by Crippen LogP contribution is 2.41. The van der Waals surface area contributed by atoms with E-state index in [4.69, 9.17) is 16.5 Å². The Morgan fingerprint density at radius 1 is 1.15 bits per heavy atom. The number of aryl methyl sites for hydroxylation is 2. The van der Waals surface area contributed by atoms with Crippen LogP contribution < -0.4 is 4.57 Å². The smallest absolute Gasteiger partial charge is 0.229 e. The first-order chi connectivity index (χ1) is 14.5. The predicted molar refractivity (Wildman–Crippen MR) is 110 cm³/mol. The Hall–Kier alpha value is -3.12. The Kier molecular flexibility index (Phi) is 3.03. The Balaban J connectivity index is 2.25. The Morgan fingerprint density at radius 3 is 2.59 bits per heavy atom. The molecule has 0 aliphatic rings. The second-order valence-electron chi connectivity index (χ2n) is 7.10. The van der Waals surface area contributed by atoms with Crippen molar-refractivity contribution in [2.75, 3.05) is 0 Å². The highest BCUT2D eigenvalue weighted by atomic mass is 16.3. The maximum absolute atomic E-state index is 8.91. The van der Waals surface area contributed by atoms with Crippen LogP contribution in [0.2, 0.25) is 0 Å². The molecule has 0 bridgehead atoms. The summed E-state index contributed by atoms with van der Waals surface area (Å²) in [6.45, 7) is 14.6. The molecule has 0 saturated carbocycles. The molecule has 0 fully saturated rings. The van der Waals surface area contributed by atoms with Gasteiger partial charge in [0.2, 0.25) is 11.4 Å². The number of hydrogen-bond donors (Lipinski definition) is 0. The number of rotatable bonds is 2. The minimum atomic E-state index is -1.21. The maximum atomic E-state index is 8.91. The summed E-state index contributed by atoms with van der Waals surface area (Å²) in [5.74, 6) is -1.21. The number of aromatic nitrogens is 1. The molecule has 3 heteroatoms. The number of nitrogens with zero attached hydrogens (tertiary/aromatic N) is 2. The second kappa shape index (κ2) is 6.25. The van der Waals surface area contributed by atoms with Gasteiger partial charge in [0.05, 0.1) is 14.9 Å². The van der Waals surface area contributed by atoms with Gasteiger partial charge in [0.25, 0.3) is 0 Å². The number of benzene rings is 2. The quantitative estimate of drug-likeness (QED) is 0.301. The largest absolute Gasteiger partial charge is 0.466 e.